The summed E-state index contributed by atoms with van der Waals surface area (Å²) in [6.45, 7) is 1.82. The van der Waals surface area contributed by atoms with E-state index in [0.29, 0.717) is 5.52 Å². The van der Waals surface area contributed by atoms with Gasteiger partial charge in [0.2, 0.25) is 0 Å². The van der Waals surface area contributed by atoms with Gasteiger partial charge in [-0.2, -0.15) is 0 Å². The number of benzene rings is 1. The SMILES string of the molecule is Cc1nc2c(C(=O)C(=O)O)cccc2s1. The number of carbonyl (C=O) groups excluding carboxylic acids is 1. The molecule has 1 N–H and O–H groups in total. The van der Waals surface area contributed by atoms with Crippen molar-refractivity contribution in [3.63, 3.8) is 0 Å². The minimum Gasteiger partial charge on any atom is -0.475 e. The number of aryl methyl sites for hydroxylation is 1. The Morgan fingerprint density at radius 3 is 2.80 bits per heavy atom. The van der Waals surface area contributed by atoms with Crippen LogP contribution in [0.4, 0.5) is 0 Å². The smallest absolute Gasteiger partial charge is 0.377 e. The summed E-state index contributed by atoms with van der Waals surface area (Å²) >= 11 is 1.44. The van der Waals surface area contributed by atoms with Crippen LogP contribution >= 0.6 is 11.3 Å². The van der Waals surface area contributed by atoms with E-state index < -0.39 is 11.8 Å². The molecule has 1 heterocycles. The van der Waals surface area contributed by atoms with Crippen molar-refractivity contribution in [2.45, 2.75) is 6.92 Å². The zero-order valence-electron chi connectivity index (χ0n) is 7.85. The van der Waals surface area contributed by atoms with Crippen molar-refractivity contribution in [3.8, 4) is 0 Å². The van der Waals surface area contributed by atoms with Gasteiger partial charge in [-0.15, -0.1) is 11.3 Å². The van der Waals surface area contributed by atoms with Crippen LogP contribution in [0.2, 0.25) is 0 Å². The highest BCUT2D eigenvalue weighted by Gasteiger charge is 2.18. The zero-order valence-corrected chi connectivity index (χ0v) is 8.67. The van der Waals surface area contributed by atoms with Gasteiger partial charge < -0.3 is 5.11 Å². The summed E-state index contributed by atoms with van der Waals surface area (Å²) in [5.74, 6) is -2.36. The number of Topliss-reactive ketones (excluding diaryl/α,β-unsaturated/α-hetero) is 1. The third-order valence-corrected chi connectivity index (χ3v) is 2.90. The average molecular weight is 221 g/mol. The fraction of sp³-hybridized carbons (Fsp3) is 0.100. The quantitative estimate of drug-likeness (QED) is 0.621. The number of ketones is 1. The number of carbonyl (C=O) groups is 2. The number of fused-ring (bicyclic) bond motifs is 1. The summed E-state index contributed by atoms with van der Waals surface area (Å²) in [5, 5.41) is 9.44. The molecule has 5 heteroatoms. The van der Waals surface area contributed by atoms with Crippen LogP contribution < -0.4 is 0 Å². The van der Waals surface area contributed by atoms with E-state index in [1.807, 2.05) is 13.0 Å². The molecule has 0 unspecified atom stereocenters. The first kappa shape index (κ1) is 9.79. The molecule has 0 saturated carbocycles. The molecule has 0 amide bonds. The van der Waals surface area contributed by atoms with Crippen molar-refractivity contribution in [2.24, 2.45) is 0 Å². The number of para-hydroxylation sites is 1. The molecule has 1 aromatic heterocycles. The van der Waals surface area contributed by atoms with Gasteiger partial charge in [0.25, 0.3) is 5.78 Å². The Morgan fingerprint density at radius 1 is 1.40 bits per heavy atom. The predicted molar refractivity (Wildman–Crippen MR) is 56.3 cm³/mol. The summed E-state index contributed by atoms with van der Waals surface area (Å²) in [5.41, 5.74) is 0.636. The molecule has 0 aliphatic rings. The summed E-state index contributed by atoms with van der Waals surface area (Å²) < 4.78 is 0.833. The van der Waals surface area contributed by atoms with Crippen LogP contribution in [0.1, 0.15) is 15.4 Å². The highest BCUT2D eigenvalue weighted by atomic mass is 32.1. The van der Waals surface area contributed by atoms with Crippen molar-refractivity contribution in [1.29, 1.82) is 0 Å². The van der Waals surface area contributed by atoms with Gasteiger partial charge in [0.1, 0.15) is 0 Å². The Balaban J connectivity index is 2.70. The van der Waals surface area contributed by atoms with Gasteiger partial charge in [-0.3, -0.25) is 4.79 Å². The summed E-state index contributed by atoms with van der Waals surface area (Å²) in [6.07, 6.45) is 0. The van der Waals surface area contributed by atoms with Gasteiger partial charge >= 0.3 is 5.97 Å². The molecule has 2 aromatic rings. The van der Waals surface area contributed by atoms with Crippen LogP contribution in [-0.2, 0) is 4.79 Å². The number of thiazole rings is 1. The number of hydrogen-bond acceptors (Lipinski definition) is 4. The van der Waals surface area contributed by atoms with E-state index in [1.54, 1.807) is 6.07 Å². The molecular formula is C10H7NO3S. The van der Waals surface area contributed by atoms with Gasteiger partial charge in [0.15, 0.2) is 0 Å². The maximum absolute atomic E-state index is 11.3. The lowest BCUT2D eigenvalue weighted by atomic mass is 10.1. The Hall–Kier alpha value is -1.75. The molecule has 0 atom stereocenters. The molecule has 2 rings (SSSR count). The lowest BCUT2D eigenvalue weighted by molar-refractivity contribution is -0.131. The lowest BCUT2D eigenvalue weighted by Gasteiger charge is -1.96. The molecule has 15 heavy (non-hydrogen) atoms. The molecule has 0 bridgehead atoms. The van der Waals surface area contributed by atoms with Crippen LogP contribution in [0.5, 0.6) is 0 Å². The number of rotatable bonds is 2. The maximum atomic E-state index is 11.3. The zero-order chi connectivity index (χ0) is 11.0. The van der Waals surface area contributed by atoms with Gasteiger partial charge in [-0.25, -0.2) is 9.78 Å². The standard InChI is InChI=1S/C10H7NO3S/c1-5-11-8-6(9(12)10(13)14)3-2-4-7(8)15-5/h2-4H,1H3,(H,13,14). The van der Waals surface area contributed by atoms with Crippen molar-refractivity contribution < 1.29 is 14.7 Å². The number of aliphatic carboxylic acids is 1. The van der Waals surface area contributed by atoms with Crippen LogP contribution in [-0.4, -0.2) is 21.8 Å². The number of carboxylic acid groups (broad SMARTS) is 1. The highest BCUT2D eigenvalue weighted by Crippen LogP contribution is 2.24. The van der Waals surface area contributed by atoms with E-state index in [2.05, 4.69) is 4.98 Å². The Kier molecular flexibility index (Phi) is 2.24. The molecule has 4 nitrogen and oxygen atoms in total. The second-order valence-electron chi connectivity index (χ2n) is 3.02. The largest absolute Gasteiger partial charge is 0.475 e. The van der Waals surface area contributed by atoms with Crippen LogP contribution in [0.15, 0.2) is 18.2 Å². The van der Waals surface area contributed by atoms with Crippen molar-refractivity contribution in [3.05, 3.63) is 28.8 Å². The van der Waals surface area contributed by atoms with Crippen molar-refractivity contribution >= 4 is 33.3 Å². The fourth-order valence-electron chi connectivity index (χ4n) is 1.36. The lowest BCUT2D eigenvalue weighted by Crippen LogP contribution is -2.12. The first-order valence-electron chi connectivity index (χ1n) is 4.23. The van der Waals surface area contributed by atoms with Crippen molar-refractivity contribution in [1.82, 2.24) is 4.98 Å². The Labute approximate surface area is 89.2 Å². The van der Waals surface area contributed by atoms with E-state index in [0.717, 1.165) is 9.71 Å². The third-order valence-electron chi connectivity index (χ3n) is 1.96. The van der Waals surface area contributed by atoms with Gasteiger partial charge in [-0.1, -0.05) is 6.07 Å². The minimum atomic E-state index is -1.45. The van der Waals surface area contributed by atoms with E-state index >= 15 is 0 Å². The average Bonchev–Trinajstić information content (AvgIpc) is 2.56. The molecule has 0 spiro atoms. The topological polar surface area (TPSA) is 67.3 Å². The van der Waals surface area contributed by atoms with Gasteiger partial charge in [0.05, 0.1) is 20.8 Å². The van der Waals surface area contributed by atoms with Gasteiger partial charge in [-0.05, 0) is 19.1 Å². The summed E-state index contributed by atoms with van der Waals surface area (Å²) in [7, 11) is 0. The van der Waals surface area contributed by atoms with E-state index in [4.69, 9.17) is 5.11 Å². The van der Waals surface area contributed by atoms with Crippen LogP contribution in [0.3, 0.4) is 0 Å². The van der Waals surface area contributed by atoms with E-state index in [1.165, 1.54) is 17.4 Å². The first-order valence-corrected chi connectivity index (χ1v) is 5.05. The summed E-state index contributed by atoms with van der Waals surface area (Å²) in [4.78, 5) is 26.1. The second-order valence-corrected chi connectivity index (χ2v) is 4.25. The number of carboxylic acids is 1. The number of nitrogens with zero attached hydrogens (tertiary/aromatic N) is 1. The van der Waals surface area contributed by atoms with Crippen molar-refractivity contribution in [2.75, 3.05) is 0 Å². The molecule has 0 saturated heterocycles. The minimum absolute atomic E-state index is 0.157. The Morgan fingerprint density at radius 2 is 2.13 bits per heavy atom. The highest BCUT2D eigenvalue weighted by molar-refractivity contribution is 7.18. The third kappa shape index (κ3) is 1.61. The first-order chi connectivity index (χ1) is 7.09. The second kappa shape index (κ2) is 3.43. The molecule has 0 fully saturated rings. The van der Waals surface area contributed by atoms with Gasteiger partial charge in [0, 0.05) is 0 Å². The number of aromatic nitrogens is 1. The number of hydrogen-bond donors (Lipinski definition) is 1. The fourth-order valence-corrected chi connectivity index (χ4v) is 2.21. The molecule has 1 aromatic carbocycles. The predicted octanol–water partition coefficient (Wildman–Crippen LogP) is 1.87. The summed E-state index contributed by atoms with van der Waals surface area (Å²) in [6, 6.07) is 4.96. The molecule has 0 aliphatic carbocycles. The molecule has 0 radical (unpaired) electrons. The van der Waals surface area contributed by atoms with Crippen LogP contribution in [0, 0.1) is 6.92 Å². The monoisotopic (exact) mass is 221 g/mol. The van der Waals surface area contributed by atoms with E-state index in [9.17, 15) is 9.59 Å². The Bertz CT molecular complexity index is 559. The normalized spacial score (nSPS) is 10.5. The molecular weight excluding hydrogens is 214 g/mol. The molecule has 76 valence electrons. The van der Waals surface area contributed by atoms with Crippen LogP contribution in [0.25, 0.3) is 10.2 Å². The maximum Gasteiger partial charge on any atom is 0.377 e. The van der Waals surface area contributed by atoms with E-state index in [-0.39, 0.29) is 5.56 Å². The molecule has 0 aliphatic heterocycles.